The van der Waals surface area contributed by atoms with Crippen LogP contribution in [0.15, 0.2) is 54.6 Å². The second-order valence-corrected chi connectivity index (χ2v) is 6.88. The predicted molar refractivity (Wildman–Crippen MR) is 103 cm³/mol. The Morgan fingerprint density at radius 3 is 2.52 bits per heavy atom. The Hall–Kier alpha value is -2.66. The van der Waals surface area contributed by atoms with E-state index in [2.05, 4.69) is 5.32 Å². The van der Waals surface area contributed by atoms with E-state index in [-0.39, 0.29) is 17.6 Å². The van der Waals surface area contributed by atoms with Crippen molar-refractivity contribution in [1.29, 1.82) is 0 Å². The Morgan fingerprint density at radius 1 is 1.07 bits per heavy atom. The van der Waals surface area contributed by atoms with Gasteiger partial charge in [0.1, 0.15) is 0 Å². The van der Waals surface area contributed by atoms with Gasteiger partial charge in [0.05, 0.1) is 11.7 Å². The summed E-state index contributed by atoms with van der Waals surface area (Å²) in [5, 5.41) is 12.0. The highest BCUT2D eigenvalue weighted by Crippen LogP contribution is 2.28. The molecule has 1 fully saturated rings. The van der Waals surface area contributed by atoms with Gasteiger partial charge < -0.3 is 15.2 Å². The molecule has 0 unspecified atom stereocenters. The van der Waals surface area contributed by atoms with Gasteiger partial charge in [0.2, 0.25) is 0 Å². The van der Waals surface area contributed by atoms with Crippen molar-refractivity contribution in [2.24, 2.45) is 0 Å². The van der Waals surface area contributed by atoms with Crippen LogP contribution in [-0.4, -0.2) is 29.6 Å². The molecule has 0 saturated heterocycles. The molecule has 0 aliphatic heterocycles. The van der Waals surface area contributed by atoms with E-state index in [0.717, 1.165) is 36.8 Å². The van der Waals surface area contributed by atoms with Crippen LogP contribution in [0.1, 0.15) is 53.3 Å². The lowest BCUT2D eigenvalue weighted by Crippen LogP contribution is -2.34. The topological polar surface area (TPSA) is 75.6 Å². The average molecular weight is 367 g/mol. The summed E-state index contributed by atoms with van der Waals surface area (Å²) in [6.45, 7) is 0.430. The standard InChI is InChI=1S/C22H25NO4/c24-21(23-14-13-16-7-6-10-18(15-16)22(25)26)20(17-8-2-1-3-9-17)27-19-11-4-5-12-19/h1-3,6-10,15,19-20H,4-5,11-14H2,(H,23,24)(H,25,26)/t20-/m0/s1. The maximum Gasteiger partial charge on any atom is 0.335 e. The van der Waals surface area contributed by atoms with Gasteiger partial charge in [-0.25, -0.2) is 4.79 Å². The maximum absolute atomic E-state index is 12.8. The Labute approximate surface area is 159 Å². The highest BCUT2D eigenvalue weighted by molar-refractivity contribution is 5.87. The molecule has 142 valence electrons. The van der Waals surface area contributed by atoms with Crippen LogP contribution in [0, 0.1) is 0 Å². The minimum atomic E-state index is -0.949. The van der Waals surface area contributed by atoms with Gasteiger partial charge in [-0.1, -0.05) is 55.3 Å². The molecule has 1 aliphatic carbocycles. The Kier molecular flexibility index (Phi) is 6.60. The first-order valence-corrected chi connectivity index (χ1v) is 9.44. The van der Waals surface area contributed by atoms with Gasteiger partial charge in [0.15, 0.2) is 6.10 Å². The van der Waals surface area contributed by atoms with Crippen molar-refractivity contribution in [3.8, 4) is 0 Å². The van der Waals surface area contributed by atoms with Crippen LogP contribution in [0.25, 0.3) is 0 Å². The third kappa shape index (κ3) is 5.41. The molecular weight excluding hydrogens is 342 g/mol. The van der Waals surface area contributed by atoms with Gasteiger partial charge in [0.25, 0.3) is 5.91 Å². The number of carbonyl (C=O) groups excluding carboxylic acids is 1. The minimum Gasteiger partial charge on any atom is -0.478 e. The van der Waals surface area contributed by atoms with E-state index < -0.39 is 12.1 Å². The zero-order chi connectivity index (χ0) is 19.1. The van der Waals surface area contributed by atoms with E-state index >= 15 is 0 Å². The lowest BCUT2D eigenvalue weighted by molar-refractivity contribution is -0.137. The number of hydrogen-bond acceptors (Lipinski definition) is 3. The molecule has 2 aromatic rings. The monoisotopic (exact) mass is 367 g/mol. The molecule has 5 nitrogen and oxygen atoms in total. The molecule has 1 amide bonds. The third-order valence-electron chi connectivity index (χ3n) is 4.86. The van der Waals surface area contributed by atoms with Crippen molar-refractivity contribution >= 4 is 11.9 Å². The molecule has 5 heteroatoms. The Balaban J connectivity index is 1.60. The maximum atomic E-state index is 12.8. The normalized spacial score (nSPS) is 15.4. The van der Waals surface area contributed by atoms with Crippen molar-refractivity contribution in [3.05, 3.63) is 71.3 Å². The first kappa shape index (κ1) is 19.1. The minimum absolute atomic E-state index is 0.133. The summed E-state index contributed by atoms with van der Waals surface area (Å²) in [7, 11) is 0. The Bertz CT molecular complexity index is 769. The molecule has 1 atom stereocenters. The fraction of sp³-hybridized carbons (Fsp3) is 0.364. The number of carbonyl (C=O) groups is 2. The molecule has 0 aromatic heterocycles. The molecule has 3 rings (SSSR count). The lowest BCUT2D eigenvalue weighted by atomic mass is 10.1. The van der Waals surface area contributed by atoms with Gasteiger partial charge in [0, 0.05) is 6.54 Å². The fourth-order valence-corrected chi connectivity index (χ4v) is 3.42. The first-order chi connectivity index (χ1) is 13.1. The number of ether oxygens (including phenoxy) is 1. The third-order valence-corrected chi connectivity index (χ3v) is 4.86. The number of hydrogen-bond donors (Lipinski definition) is 2. The van der Waals surface area contributed by atoms with E-state index in [0.29, 0.717) is 13.0 Å². The zero-order valence-electron chi connectivity index (χ0n) is 15.3. The summed E-state index contributed by atoms with van der Waals surface area (Å²) in [4.78, 5) is 23.8. The van der Waals surface area contributed by atoms with Gasteiger partial charge in [-0.3, -0.25) is 4.79 Å². The summed E-state index contributed by atoms with van der Waals surface area (Å²) >= 11 is 0. The van der Waals surface area contributed by atoms with Crippen molar-refractivity contribution < 1.29 is 19.4 Å². The van der Waals surface area contributed by atoms with Gasteiger partial charge in [-0.2, -0.15) is 0 Å². The predicted octanol–water partition coefficient (Wildman–Crippen LogP) is 3.74. The first-order valence-electron chi connectivity index (χ1n) is 9.44. The molecule has 27 heavy (non-hydrogen) atoms. The van der Waals surface area contributed by atoms with Crippen molar-refractivity contribution in [1.82, 2.24) is 5.32 Å². The van der Waals surface area contributed by atoms with Gasteiger partial charge in [-0.15, -0.1) is 0 Å². The summed E-state index contributed by atoms with van der Waals surface area (Å²) in [6, 6.07) is 16.3. The van der Waals surface area contributed by atoms with Crippen LogP contribution in [0.4, 0.5) is 0 Å². The molecule has 0 radical (unpaired) electrons. The summed E-state index contributed by atoms with van der Waals surface area (Å²) in [5.74, 6) is -1.10. The fourth-order valence-electron chi connectivity index (χ4n) is 3.42. The highest BCUT2D eigenvalue weighted by atomic mass is 16.5. The molecule has 0 heterocycles. The van der Waals surface area contributed by atoms with Crippen LogP contribution in [0.3, 0.4) is 0 Å². The second kappa shape index (κ2) is 9.33. The van der Waals surface area contributed by atoms with Gasteiger partial charge in [-0.05, 0) is 42.5 Å². The molecule has 0 spiro atoms. The van der Waals surface area contributed by atoms with Crippen LogP contribution in [0.5, 0.6) is 0 Å². The molecule has 1 saturated carbocycles. The average Bonchev–Trinajstić information content (AvgIpc) is 3.20. The van der Waals surface area contributed by atoms with Crippen LogP contribution >= 0.6 is 0 Å². The molecule has 2 N–H and O–H groups in total. The van der Waals surface area contributed by atoms with Gasteiger partial charge >= 0.3 is 5.97 Å². The largest absolute Gasteiger partial charge is 0.478 e. The quantitative estimate of drug-likeness (QED) is 0.745. The number of rotatable bonds is 8. The number of carboxylic acids is 1. The van der Waals surface area contributed by atoms with Crippen LogP contribution in [-0.2, 0) is 16.0 Å². The summed E-state index contributed by atoms with van der Waals surface area (Å²) in [6.07, 6.45) is 4.38. The van der Waals surface area contributed by atoms with E-state index in [1.165, 1.54) is 0 Å². The summed E-state index contributed by atoms with van der Waals surface area (Å²) < 4.78 is 6.12. The Morgan fingerprint density at radius 2 is 1.81 bits per heavy atom. The van der Waals surface area contributed by atoms with Crippen molar-refractivity contribution in [3.63, 3.8) is 0 Å². The van der Waals surface area contributed by atoms with Crippen LogP contribution in [0.2, 0.25) is 0 Å². The number of benzene rings is 2. The van der Waals surface area contributed by atoms with E-state index in [1.807, 2.05) is 36.4 Å². The number of carboxylic acid groups (broad SMARTS) is 1. The molecule has 0 bridgehead atoms. The lowest BCUT2D eigenvalue weighted by Gasteiger charge is -2.22. The smallest absolute Gasteiger partial charge is 0.335 e. The van der Waals surface area contributed by atoms with E-state index in [4.69, 9.17) is 9.84 Å². The zero-order valence-corrected chi connectivity index (χ0v) is 15.3. The molecular formula is C22H25NO4. The second-order valence-electron chi connectivity index (χ2n) is 6.88. The van der Waals surface area contributed by atoms with E-state index in [1.54, 1.807) is 18.2 Å². The summed E-state index contributed by atoms with van der Waals surface area (Å²) in [5.41, 5.74) is 1.99. The van der Waals surface area contributed by atoms with Crippen LogP contribution < -0.4 is 5.32 Å². The molecule has 1 aliphatic rings. The molecule has 2 aromatic carbocycles. The van der Waals surface area contributed by atoms with Crippen molar-refractivity contribution in [2.45, 2.75) is 44.3 Å². The van der Waals surface area contributed by atoms with E-state index in [9.17, 15) is 9.59 Å². The number of amides is 1. The highest BCUT2D eigenvalue weighted by Gasteiger charge is 2.26. The number of aromatic carboxylic acids is 1. The van der Waals surface area contributed by atoms with Crippen molar-refractivity contribution in [2.75, 3.05) is 6.54 Å². The number of nitrogens with one attached hydrogen (secondary N) is 1. The SMILES string of the molecule is O=C(O)c1cccc(CCNC(=O)[C@@H](OC2CCCC2)c2ccccc2)c1.